The zero-order chi connectivity index (χ0) is 24.2. The molecule has 4 rings (SSSR count). The zero-order valence-electron chi connectivity index (χ0n) is 18.1. The number of non-ortho nitro benzene ring substituents is 1. The van der Waals surface area contributed by atoms with Crippen molar-refractivity contribution in [1.82, 2.24) is 10.9 Å². The Kier molecular flexibility index (Phi) is 6.35. The molecule has 174 valence electrons. The minimum atomic E-state index is -0.634. The van der Waals surface area contributed by atoms with Crippen molar-refractivity contribution in [3.05, 3.63) is 92.7 Å². The summed E-state index contributed by atoms with van der Waals surface area (Å²) in [6.07, 6.45) is 2.04. The number of carbonyl (C=O) groups is 2. The maximum absolute atomic E-state index is 13.0. The summed E-state index contributed by atoms with van der Waals surface area (Å²) in [5.41, 5.74) is 10.2. The summed E-state index contributed by atoms with van der Waals surface area (Å²) in [6, 6.07) is 10.7. The van der Waals surface area contributed by atoms with E-state index in [2.05, 4.69) is 21.4 Å². The number of nitro benzene ring substituents is 1. The van der Waals surface area contributed by atoms with Gasteiger partial charge in [0.05, 0.1) is 16.3 Å². The van der Waals surface area contributed by atoms with Crippen LogP contribution in [0.5, 0.6) is 0 Å². The molecular formula is C23H20FN5O5. The van der Waals surface area contributed by atoms with Gasteiger partial charge >= 0.3 is 5.91 Å². The highest BCUT2D eigenvalue weighted by Gasteiger charge is 2.28. The van der Waals surface area contributed by atoms with Crippen molar-refractivity contribution in [2.45, 2.75) is 26.2 Å². The smallest absolute Gasteiger partial charge is 0.305 e. The molecule has 1 aliphatic carbocycles. The third-order valence-electron chi connectivity index (χ3n) is 5.33. The van der Waals surface area contributed by atoms with Crippen LogP contribution in [0.4, 0.5) is 15.8 Å². The van der Waals surface area contributed by atoms with Gasteiger partial charge in [0.25, 0.3) is 11.6 Å². The monoisotopic (exact) mass is 465 g/mol. The largest absolute Gasteiger partial charge is 0.455 e. The maximum Gasteiger partial charge on any atom is 0.305 e. The van der Waals surface area contributed by atoms with Gasteiger partial charge in [-0.05, 0) is 56.2 Å². The molecule has 2 aromatic carbocycles. The zero-order valence-corrected chi connectivity index (χ0v) is 18.1. The first-order valence-corrected chi connectivity index (χ1v) is 10.4. The Balaban J connectivity index is 1.47. The molecule has 0 bridgehead atoms. The predicted octanol–water partition coefficient (Wildman–Crippen LogP) is 3.86. The van der Waals surface area contributed by atoms with Crippen LogP contribution in [-0.4, -0.2) is 22.4 Å². The lowest BCUT2D eigenvalue weighted by Crippen LogP contribution is -2.41. The summed E-state index contributed by atoms with van der Waals surface area (Å²) in [4.78, 5) is 35.1. The lowest BCUT2D eigenvalue weighted by atomic mass is 9.93. The first kappa shape index (κ1) is 22.6. The van der Waals surface area contributed by atoms with Crippen LogP contribution in [0, 0.1) is 22.9 Å². The van der Waals surface area contributed by atoms with Gasteiger partial charge in [0, 0.05) is 35.2 Å². The summed E-state index contributed by atoms with van der Waals surface area (Å²) >= 11 is 0. The lowest BCUT2D eigenvalue weighted by molar-refractivity contribution is -0.384. The Morgan fingerprint density at radius 2 is 1.71 bits per heavy atom. The molecule has 0 saturated heterocycles. The number of carbonyl (C=O) groups excluding carboxylic acids is 2. The third kappa shape index (κ3) is 4.77. The number of hydrazine groups is 1. The van der Waals surface area contributed by atoms with E-state index < -0.39 is 22.6 Å². The number of benzene rings is 2. The van der Waals surface area contributed by atoms with Crippen molar-refractivity contribution in [2.75, 3.05) is 5.43 Å². The highest BCUT2D eigenvalue weighted by Crippen LogP contribution is 2.30. The van der Waals surface area contributed by atoms with E-state index in [0.29, 0.717) is 35.6 Å². The van der Waals surface area contributed by atoms with Crippen molar-refractivity contribution in [3.63, 3.8) is 0 Å². The van der Waals surface area contributed by atoms with E-state index in [1.165, 1.54) is 24.3 Å². The average Bonchev–Trinajstić information content (AvgIpc) is 3.18. The van der Waals surface area contributed by atoms with Gasteiger partial charge in [-0.2, -0.15) is 5.10 Å². The highest BCUT2D eigenvalue weighted by molar-refractivity contribution is 6.07. The highest BCUT2D eigenvalue weighted by atomic mass is 19.1. The molecule has 11 heteroatoms. The van der Waals surface area contributed by atoms with E-state index >= 15 is 0 Å². The number of nitrogens with zero attached hydrogens (tertiary/aromatic N) is 2. The molecule has 3 N–H and O–H groups in total. The molecule has 1 aliphatic rings. The molecule has 1 heterocycles. The second-order valence-corrected chi connectivity index (χ2v) is 7.60. The van der Waals surface area contributed by atoms with Gasteiger partial charge in [-0.3, -0.25) is 36.0 Å². The summed E-state index contributed by atoms with van der Waals surface area (Å²) in [7, 11) is 0. The van der Waals surface area contributed by atoms with Crippen LogP contribution in [-0.2, 0) is 6.42 Å². The van der Waals surface area contributed by atoms with Gasteiger partial charge < -0.3 is 4.42 Å². The number of hydrogen-bond acceptors (Lipinski definition) is 7. The molecule has 1 aromatic heterocycles. The number of aryl methyl sites for hydroxylation is 1. The normalized spacial score (nSPS) is 13.8. The van der Waals surface area contributed by atoms with E-state index in [9.17, 15) is 24.1 Å². The van der Waals surface area contributed by atoms with Gasteiger partial charge in [-0.25, -0.2) is 4.39 Å². The Morgan fingerprint density at radius 3 is 2.38 bits per heavy atom. The molecule has 0 radical (unpaired) electrons. The molecule has 2 amide bonds. The van der Waals surface area contributed by atoms with Crippen molar-refractivity contribution in [3.8, 4) is 0 Å². The fourth-order valence-electron chi connectivity index (χ4n) is 3.63. The Hall–Kier alpha value is -4.54. The molecule has 3 aromatic rings. The Labute approximate surface area is 193 Å². The average molecular weight is 465 g/mol. The molecule has 0 atom stereocenters. The van der Waals surface area contributed by atoms with Crippen LogP contribution in [0.2, 0.25) is 0 Å². The molecule has 0 spiro atoms. The number of nitro groups is 1. The first-order chi connectivity index (χ1) is 16.3. The number of halogens is 1. The van der Waals surface area contributed by atoms with Gasteiger partial charge in [-0.15, -0.1) is 0 Å². The molecule has 0 saturated carbocycles. The second kappa shape index (κ2) is 9.53. The van der Waals surface area contributed by atoms with Crippen LogP contribution in [0.1, 0.15) is 50.6 Å². The van der Waals surface area contributed by atoms with Crippen molar-refractivity contribution >= 4 is 28.9 Å². The second-order valence-electron chi connectivity index (χ2n) is 7.60. The molecule has 34 heavy (non-hydrogen) atoms. The van der Waals surface area contributed by atoms with E-state index in [-0.39, 0.29) is 17.0 Å². The van der Waals surface area contributed by atoms with Gasteiger partial charge in [0.15, 0.2) is 5.76 Å². The van der Waals surface area contributed by atoms with Crippen LogP contribution < -0.4 is 16.3 Å². The molecule has 0 unspecified atom stereocenters. The van der Waals surface area contributed by atoms with E-state index in [4.69, 9.17) is 4.42 Å². The van der Waals surface area contributed by atoms with Crippen LogP contribution in [0.3, 0.4) is 0 Å². The number of rotatable bonds is 5. The topological polar surface area (TPSA) is 139 Å². The summed E-state index contributed by atoms with van der Waals surface area (Å²) in [6.45, 7) is 1.73. The number of fused-ring (bicyclic) bond motifs is 1. The van der Waals surface area contributed by atoms with Gasteiger partial charge in [0.1, 0.15) is 11.6 Å². The summed E-state index contributed by atoms with van der Waals surface area (Å²) in [5.74, 6) is -1.04. The number of anilines is 1. The molecule has 0 fully saturated rings. The fraction of sp³-hybridized carbons (Fsp3) is 0.174. The van der Waals surface area contributed by atoms with Crippen molar-refractivity contribution in [1.29, 1.82) is 0 Å². The number of hydrogen-bond donors (Lipinski definition) is 3. The van der Waals surface area contributed by atoms with E-state index in [1.807, 2.05) is 0 Å². The SMILES string of the molecule is Cc1c(C(=O)NNC(=O)c2ccc(F)cc2)oc2c1/C(=N/Nc1ccc([N+](=O)[O-])cc1)CCC2. The number of nitrogens with one attached hydrogen (secondary N) is 3. The standard InChI is InChI=1S/C23H20FN5O5/c1-13-20-18(26-25-16-9-11-17(12-10-16)29(32)33)3-2-4-19(20)34-21(13)23(31)28-27-22(30)14-5-7-15(24)8-6-14/h5-12,25H,2-4H2,1H3,(H,27,30)(H,28,31)/b26-18+. The Bertz CT molecular complexity index is 1280. The quantitative estimate of drug-likeness (QED) is 0.386. The van der Waals surface area contributed by atoms with E-state index in [0.717, 1.165) is 24.1 Å². The van der Waals surface area contributed by atoms with Crippen LogP contribution in [0.15, 0.2) is 58.0 Å². The molecule has 0 aliphatic heterocycles. The summed E-state index contributed by atoms with van der Waals surface area (Å²) < 4.78 is 18.8. The van der Waals surface area contributed by atoms with Gasteiger partial charge in [-0.1, -0.05) is 0 Å². The fourth-order valence-corrected chi connectivity index (χ4v) is 3.63. The van der Waals surface area contributed by atoms with E-state index in [1.54, 1.807) is 19.1 Å². The predicted molar refractivity (Wildman–Crippen MR) is 121 cm³/mol. The minimum absolute atomic E-state index is 0.0222. The van der Waals surface area contributed by atoms with Gasteiger partial charge in [0.2, 0.25) is 0 Å². The maximum atomic E-state index is 13.0. The first-order valence-electron chi connectivity index (χ1n) is 10.4. The minimum Gasteiger partial charge on any atom is -0.455 e. The molecule has 10 nitrogen and oxygen atoms in total. The lowest BCUT2D eigenvalue weighted by Gasteiger charge is -2.13. The third-order valence-corrected chi connectivity index (χ3v) is 5.33. The summed E-state index contributed by atoms with van der Waals surface area (Å²) in [5, 5.41) is 15.2. The van der Waals surface area contributed by atoms with Crippen molar-refractivity contribution in [2.24, 2.45) is 5.10 Å². The Morgan fingerprint density at radius 1 is 1.03 bits per heavy atom. The van der Waals surface area contributed by atoms with Crippen LogP contribution >= 0.6 is 0 Å². The number of hydrazone groups is 1. The number of amides is 2. The van der Waals surface area contributed by atoms with Crippen molar-refractivity contribution < 1.29 is 23.3 Å². The molecular weight excluding hydrogens is 445 g/mol. The van der Waals surface area contributed by atoms with Crippen LogP contribution in [0.25, 0.3) is 0 Å². The number of furan rings is 1.